The Labute approximate surface area is 201 Å². The Morgan fingerprint density at radius 3 is 2.50 bits per heavy atom. The smallest absolute Gasteiger partial charge is 0.191 e. The molecular formula is C23H31ClIN3O2. The van der Waals surface area contributed by atoms with Crippen molar-refractivity contribution in [3.8, 4) is 5.75 Å². The van der Waals surface area contributed by atoms with Crippen molar-refractivity contribution >= 4 is 41.5 Å². The molecule has 1 saturated heterocycles. The van der Waals surface area contributed by atoms with Crippen molar-refractivity contribution in [3.05, 3.63) is 64.7 Å². The van der Waals surface area contributed by atoms with Crippen LogP contribution in [0.4, 0.5) is 0 Å². The van der Waals surface area contributed by atoms with Crippen LogP contribution < -0.4 is 15.4 Å². The standard InChI is InChI=1S/C23H30ClN3O2.HI/c1-3-25-22(26-16-18-5-4-6-20(24)15-18)27-17-23(11-13-29-14-12-23)19-7-9-21(28-2)10-8-19;/h4-10,15H,3,11-14,16-17H2,1-2H3,(H2,25,26,27);1H. The van der Waals surface area contributed by atoms with Gasteiger partial charge < -0.3 is 20.1 Å². The minimum atomic E-state index is 0. The van der Waals surface area contributed by atoms with Gasteiger partial charge in [-0.25, -0.2) is 4.99 Å². The van der Waals surface area contributed by atoms with Gasteiger partial charge in [0.15, 0.2) is 5.96 Å². The molecule has 1 aliphatic heterocycles. The molecule has 2 N–H and O–H groups in total. The summed E-state index contributed by atoms with van der Waals surface area (Å²) in [7, 11) is 1.69. The van der Waals surface area contributed by atoms with Gasteiger partial charge in [-0.2, -0.15) is 0 Å². The predicted octanol–water partition coefficient (Wildman–Crippen LogP) is 4.77. The number of nitrogens with zero attached hydrogens (tertiary/aromatic N) is 1. The van der Waals surface area contributed by atoms with Gasteiger partial charge in [-0.3, -0.25) is 0 Å². The van der Waals surface area contributed by atoms with Crippen LogP contribution in [0.5, 0.6) is 5.75 Å². The highest BCUT2D eigenvalue weighted by molar-refractivity contribution is 14.0. The minimum Gasteiger partial charge on any atom is -0.497 e. The third kappa shape index (κ3) is 6.75. The van der Waals surface area contributed by atoms with Crippen LogP contribution in [0.1, 0.15) is 30.9 Å². The van der Waals surface area contributed by atoms with E-state index in [0.717, 1.165) is 61.4 Å². The summed E-state index contributed by atoms with van der Waals surface area (Å²) in [6, 6.07) is 16.2. The average molecular weight is 544 g/mol. The highest BCUT2D eigenvalue weighted by Crippen LogP contribution is 2.35. The second-order valence-corrected chi connectivity index (χ2v) is 7.74. The summed E-state index contributed by atoms with van der Waals surface area (Å²) < 4.78 is 11.0. The lowest BCUT2D eigenvalue weighted by molar-refractivity contribution is 0.0513. The Morgan fingerprint density at radius 2 is 1.87 bits per heavy atom. The Morgan fingerprint density at radius 1 is 1.13 bits per heavy atom. The molecule has 0 radical (unpaired) electrons. The molecule has 3 rings (SSSR count). The summed E-state index contributed by atoms with van der Waals surface area (Å²) in [5, 5.41) is 7.64. The summed E-state index contributed by atoms with van der Waals surface area (Å²) in [4.78, 5) is 4.75. The minimum absolute atomic E-state index is 0. The number of nitrogens with one attached hydrogen (secondary N) is 2. The molecule has 30 heavy (non-hydrogen) atoms. The van der Waals surface area contributed by atoms with Crippen LogP contribution in [0.2, 0.25) is 5.02 Å². The highest BCUT2D eigenvalue weighted by Gasteiger charge is 2.34. The maximum Gasteiger partial charge on any atom is 0.191 e. The Hall–Kier alpha value is -1.51. The van der Waals surface area contributed by atoms with Gasteiger partial charge in [0.25, 0.3) is 0 Å². The summed E-state index contributed by atoms with van der Waals surface area (Å²) >= 11 is 6.09. The molecule has 0 unspecified atom stereocenters. The lowest BCUT2D eigenvalue weighted by Gasteiger charge is -2.38. The van der Waals surface area contributed by atoms with Crippen LogP contribution in [-0.4, -0.2) is 39.4 Å². The van der Waals surface area contributed by atoms with Gasteiger partial charge in [-0.15, -0.1) is 24.0 Å². The van der Waals surface area contributed by atoms with Crippen molar-refractivity contribution in [2.24, 2.45) is 4.99 Å². The zero-order chi connectivity index (χ0) is 20.5. The molecule has 0 aliphatic carbocycles. The van der Waals surface area contributed by atoms with Crippen molar-refractivity contribution < 1.29 is 9.47 Å². The van der Waals surface area contributed by atoms with Crippen LogP contribution in [0, 0.1) is 0 Å². The molecule has 1 heterocycles. The van der Waals surface area contributed by atoms with Crippen LogP contribution in [0.15, 0.2) is 53.5 Å². The average Bonchev–Trinajstić information content (AvgIpc) is 2.76. The van der Waals surface area contributed by atoms with Crippen molar-refractivity contribution in [2.75, 3.05) is 33.4 Å². The first kappa shape index (κ1) is 24.8. The molecule has 1 aliphatic rings. The molecule has 0 aromatic heterocycles. The Kier molecular flexibility index (Phi) is 10.2. The number of ether oxygens (including phenoxy) is 2. The van der Waals surface area contributed by atoms with E-state index in [2.05, 4.69) is 29.7 Å². The predicted molar refractivity (Wildman–Crippen MR) is 134 cm³/mol. The molecule has 164 valence electrons. The fraction of sp³-hybridized carbons (Fsp3) is 0.435. The Bertz CT molecular complexity index is 808. The number of hydrogen-bond acceptors (Lipinski definition) is 3. The molecule has 0 amide bonds. The Balaban J connectivity index is 0.00000320. The monoisotopic (exact) mass is 543 g/mol. The van der Waals surface area contributed by atoms with Crippen molar-refractivity contribution in [1.82, 2.24) is 10.6 Å². The molecular weight excluding hydrogens is 513 g/mol. The van der Waals surface area contributed by atoms with E-state index in [1.807, 2.05) is 36.4 Å². The first-order chi connectivity index (χ1) is 14.1. The van der Waals surface area contributed by atoms with Crippen molar-refractivity contribution in [2.45, 2.75) is 31.7 Å². The third-order valence-corrected chi connectivity index (χ3v) is 5.63. The molecule has 0 spiro atoms. The maximum atomic E-state index is 6.09. The molecule has 0 saturated carbocycles. The number of guanidine groups is 1. The number of aliphatic imine (C=N–C) groups is 1. The highest BCUT2D eigenvalue weighted by atomic mass is 127. The van der Waals surface area contributed by atoms with E-state index in [1.165, 1.54) is 5.56 Å². The van der Waals surface area contributed by atoms with Crippen LogP contribution in [-0.2, 0) is 16.7 Å². The van der Waals surface area contributed by atoms with E-state index in [0.29, 0.717) is 6.54 Å². The number of benzene rings is 2. The molecule has 7 heteroatoms. The van der Waals surface area contributed by atoms with Crippen LogP contribution in [0.3, 0.4) is 0 Å². The number of methoxy groups -OCH3 is 1. The maximum absolute atomic E-state index is 6.09. The van der Waals surface area contributed by atoms with E-state index in [-0.39, 0.29) is 29.4 Å². The van der Waals surface area contributed by atoms with E-state index < -0.39 is 0 Å². The SMILES string of the molecule is CCNC(=NCc1cccc(Cl)c1)NCC1(c2ccc(OC)cc2)CCOCC1.I. The zero-order valence-electron chi connectivity index (χ0n) is 17.6. The molecule has 2 aromatic carbocycles. The van der Waals surface area contributed by atoms with Gasteiger partial charge in [-0.1, -0.05) is 35.9 Å². The van der Waals surface area contributed by atoms with Crippen LogP contribution >= 0.6 is 35.6 Å². The number of rotatable bonds is 7. The molecule has 0 bridgehead atoms. The van der Waals surface area contributed by atoms with Gasteiger partial charge in [0.1, 0.15) is 5.75 Å². The first-order valence-electron chi connectivity index (χ1n) is 10.1. The second-order valence-electron chi connectivity index (χ2n) is 7.30. The summed E-state index contributed by atoms with van der Waals surface area (Å²) in [5.41, 5.74) is 2.40. The topological polar surface area (TPSA) is 54.9 Å². The van der Waals surface area contributed by atoms with E-state index in [9.17, 15) is 0 Å². The largest absolute Gasteiger partial charge is 0.497 e. The van der Waals surface area contributed by atoms with E-state index in [1.54, 1.807) is 7.11 Å². The van der Waals surface area contributed by atoms with Gasteiger partial charge in [0.2, 0.25) is 0 Å². The molecule has 5 nitrogen and oxygen atoms in total. The fourth-order valence-corrected chi connectivity index (χ4v) is 3.89. The van der Waals surface area contributed by atoms with Gasteiger partial charge in [0.05, 0.1) is 13.7 Å². The normalized spacial score (nSPS) is 15.8. The number of hydrogen-bond donors (Lipinski definition) is 2. The summed E-state index contributed by atoms with van der Waals surface area (Å²) in [5.74, 6) is 1.69. The first-order valence-corrected chi connectivity index (χ1v) is 10.5. The third-order valence-electron chi connectivity index (χ3n) is 5.40. The lowest BCUT2D eigenvalue weighted by atomic mass is 9.74. The van der Waals surface area contributed by atoms with E-state index in [4.69, 9.17) is 26.1 Å². The van der Waals surface area contributed by atoms with Gasteiger partial charge in [-0.05, 0) is 55.2 Å². The molecule has 1 fully saturated rings. The molecule has 2 aromatic rings. The van der Waals surface area contributed by atoms with Crippen molar-refractivity contribution in [3.63, 3.8) is 0 Å². The zero-order valence-corrected chi connectivity index (χ0v) is 20.7. The van der Waals surface area contributed by atoms with E-state index >= 15 is 0 Å². The quantitative estimate of drug-likeness (QED) is 0.300. The van der Waals surface area contributed by atoms with Crippen molar-refractivity contribution in [1.29, 1.82) is 0 Å². The van der Waals surface area contributed by atoms with Gasteiger partial charge >= 0.3 is 0 Å². The van der Waals surface area contributed by atoms with Gasteiger partial charge in [0, 0.05) is 36.7 Å². The number of halogens is 2. The lowest BCUT2D eigenvalue weighted by Crippen LogP contribution is -2.48. The molecule has 0 atom stereocenters. The summed E-state index contributed by atoms with van der Waals surface area (Å²) in [6.45, 7) is 5.79. The fourth-order valence-electron chi connectivity index (χ4n) is 3.67. The van der Waals surface area contributed by atoms with Crippen LogP contribution in [0.25, 0.3) is 0 Å². The summed E-state index contributed by atoms with van der Waals surface area (Å²) in [6.07, 6.45) is 1.94. The second kappa shape index (κ2) is 12.4.